The summed E-state index contributed by atoms with van der Waals surface area (Å²) in [5, 5.41) is 3.25. The molecule has 2 aliphatic heterocycles. The lowest BCUT2D eigenvalue weighted by Gasteiger charge is -2.21. The van der Waals surface area contributed by atoms with E-state index in [1.165, 1.54) is 12.1 Å². The number of ether oxygens (including phenoxy) is 2. The van der Waals surface area contributed by atoms with Crippen LogP contribution in [0.1, 0.15) is 34.1 Å². The van der Waals surface area contributed by atoms with Crippen molar-refractivity contribution in [2.75, 3.05) is 31.6 Å². The number of pyridine rings is 1. The topological polar surface area (TPSA) is 63.7 Å². The molecule has 164 valence electrons. The molecule has 2 aliphatic rings. The molecule has 3 aromatic rings. The number of rotatable bonds is 4. The maximum absolute atomic E-state index is 13.5. The summed E-state index contributed by atoms with van der Waals surface area (Å²) in [7, 11) is 0. The van der Waals surface area contributed by atoms with Gasteiger partial charge in [-0.25, -0.2) is 4.39 Å². The van der Waals surface area contributed by atoms with E-state index in [0.717, 1.165) is 23.5 Å². The fourth-order valence-corrected chi connectivity index (χ4v) is 4.25. The molecule has 1 fully saturated rings. The van der Waals surface area contributed by atoms with Crippen LogP contribution in [-0.2, 0) is 0 Å². The third kappa shape index (κ3) is 4.23. The average Bonchev–Trinajstić information content (AvgIpc) is 3.28. The van der Waals surface area contributed by atoms with Crippen LogP contribution in [0.2, 0.25) is 0 Å². The Balaban J connectivity index is 1.31. The third-order valence-corrected chi connectivity index (χ3v) is 5.77. The first-order chi connectivity index (χ1) is 15.5. The number of hydrogen-bond donors (Lipinski definition) is 1. The number of halogens is 1. The summed E-state index contributed by atoms with van der Waals surface area (Å²) >= 11 is 0. The maximum Gasteiger partial charge on any atom is 0.254 e. The predicted octanol–water partition coefficient (Wildman–Crippen LogP) is 4.67. The van der Waals surface area contributed by atoms with Gasteiger partial charge < -0.3 is 19.7 Å². The van der Waals surface area contributed by atoms with E-state index < -0.39 is 0 Å². The molecule has 1 atom stereocenters. The van der Waals surface area contributed by atoms with Gasteiger partial charge in [-0.05, 0) is 61.9 Å². The minimum Gasteiger partial charge on any atom is -0.486 e. The van der Waals surface area contributed by atoms with E-state index in [9.17, 15) is 9.18 Å². The van der Waals surface area contributed by atoms with Crippen LogP contribution in [-0.4, -0.2) is 42.1 Å². The molecule has 7 heteroatoms. The number of anilines is 2. The van der Waals surface area contributed by atoms with Crippen molar-refractivity contribution in [1.29, 1.82) is 0 Å². The summed E-state index contributed by atoms with van der Waals surface area (Å²) < 4.78 is 24.7. The van der Waals surface area contributed by atoms with Crippen LogP contribution in [0, 0.1) is 12.7 Å². The Morgan fingerprint density at radius 2 is 1.91 bits per heavy atom. The molecular formula is C25H24FN3O3. The first kappa shape index (κ1) is 20.3. The van der Waals surface area contributed by atoms with E-state index >= 15 is 0 Å². The summed E-state index contributed by atoms with van der Waals surface area (Å²) in [4.78, 5) is 19.6. The van der Waals surface area contributed by atoms with Gasteiger partial charge in [-0.1, -0.05) is 6.07 Å². The van der Waals surface area contributed by atoms with Gasteiger partial charge in [-0.15, -0.1) is 0 Å². The zero-order chi connectivity index (χ0) is 22.1. The molecule has 1 amide bonds. The van der Waals surface area contributed by atoms with Crippen molar-refractivity contribution in [3.05, 3.63) is 77.4 Å². The quantitative estimate of drug-likeness (QED) is 0.648. The van der Waals surface area contributed by atoms with Crippen molar-refractivity contribution in [2.24, 2.45) is 0 Å². The largest absolute Gasteiger partial charge is 0.486 e. The van der Waals surface area contributed by atoms with Crippen LogP contribution in [0.4, 0.5) is 15.8 Å². The number of carbonyl (C=O) groups excluding carboxylic acids is 1. The normalized spacial score (nSPS) is 17.3. The monoisotopic (exact) mass is 433 g/mol. The van der Waals surface area contributed by atoms with Gasteiger partial charge in [0, 0.05) is 47.3 Å². The van der Waals surface area contributed by atoms with Gasteiger partial charge in [-0.3, -0.25) is 9.78 Å². The minimum atomic E-state index is -0.287. The Bertz CT molecular complexity index is 1170. The summed E-state index contributed by atoms with van der Waals surface area (Å²) in [6.45, 7) is 4.21. The number of aryl methyl sites for hydroxylation is 1. The van der Waals surface area contributed by atoms with Crippen LogP contribution < -0.4 is 14.8 Å². The molecule has 32 heavy (non-hydrogen) atoms. The van der Waals surface area contributed by atoms with Crippen molar-refractivity contribution >= 4 is 17.3 Å². The summed E-state index contributed by atoms with van der Waals surface area (Å²) in [5.41, 5.74) is 3.94. The highest BCUT2D eigenvalue weighted by molar-refractivity contribution is 5.95. The van der Waals surface area contributed by atoms with E-state index in [2.05, 4.69) is 5.32 Å². The van der Waals surface area contributed by atoms with Crippen molar-refractivity contribution in [2.45, 2.75) is 19.3 Å². The molecular weight excluding hydrogens is 409 g/mol. The number of fused-ring (bicyclic) bond motifs is 1. The molecule has 0 radical (unpaired) electrons. The van der Waals surface area contributed by atoms with E-state index in [1.54, 1.807) is 24.3 Å². The Hall–Kier alpha value is -3.61. The molecule has 0 saturated carbocycles. The lowest BCUT2D eigenvalue weighted by molar-refractivity contribution is 0.0789. The Labute approximate surface area is 186 Å². The van der Waals surface area contributed by atoms with Crippen LogP contribution >= 0.6 is 0 Å². The van der Waals surface area contributed by atoms with E-state index in [0.29, 0.717) is 49.1 Å². The number of carbonyl (C=O) groups is 1. The molecule has 0 aliphatic carbocycles. The van der Waals surface area contributed by atoms with E-state index in [-0.39, 0.29) is 17.6 Å². The summed E-state index contributed by atoms with van der Waals surface area (Å²) in [5.74, 6) is 1.13. The lowest BCUT2D eigenvalue weighted by Crippen LogP contribution is -2.28. The van der Waals surface area contributed by atoms with Gasteiger partial charge >= 0.3 is 0 Å². The number of likely N-dealkylation sites (tertiary alicyclic amines) is 1. The summed E-state index contributed by atoms with van der Waals surface area (Å²) in [6, 6.07) is 15.6. The van der Waals surface area contributed by atoms with Crippen molar-refractivity contribution in [3.63, 3.8) is 0 Å². The van der Waals surface area contributed by atoms with Crippen LogP contribution in [0.15, 0.2) is 54.6 Å². The number of benzene rings is 2. The fourth-order valence-electron chi connectivity index (χ4n) is 4.25. The second-order valence-electron chi connectivity index (χ2n) is 8.15. The Morgan fingerprint density at radius 3 is 2.75 bits per heavy atom. The van der Waals surface area contributed by atoms with Gasteiger partial charge in [0.2, 0.25) is 0 Å². The average molecular weight is 433 g/mol. The molecule has 5 rings (SSSR count). The fraction of sp³-hybridized carbons (Fsp3) is 0.280. The highest BCUT2D eigenvalue weighted by atomic mass is 19.1. The van der Waals surface area contributed by atoms with Gasteiger partial charge in [0.15, 0.2) is 11.5 Å². The first-order valence-corrected chi connectivity index (χ1v) is 10.8. The number of nitrogens with one attached hydrogen (secondary N) is 1. The molecule has 3 heterocycles. The molecule has 1 saturated heterocycles. The minimum absolute atomic E-state index is 0.0183. The second-order valence-corrected chi connectivity index (χ2v) is 8.15. The number of hydrogen-bond acceptors (Lipinski definition) is 5. The Morgan fingerprint density at radius 1 is 1.06 bits per heavy atom. The highest BCUT2D eigenvalue weighted by Gasteiger charge is 2.30. The van der Waals surface area contributed by atoms with E-state index in [4.69, 9.17) is 14.5 Å². The lowest BCUT2D eigenvalue weighted by atomic mass is 10.0. The van der Waals surface area contributed by atoms with Crippen molar-refractivity contribution in [1.82, 2.24) is 9.88 Å². The molecule has 2 aromatic carbocycles. The van der Waals surface area contributed by atoms with Crippen LogP contribution in [0.25, 0.3) is 0 Å². The standard InChI is InChI=1S/C25H24FN3O3/c1-16-11-21(28-20-4-2-3-19(26)13-20)14-22(27-16)18-7-8-29(15-18)25(30)17-5-6-23-24(12-17)32-10-9-31-23/h2-6,11-14,18H,7-10,15H2,1H3,(H,27,28)/t18-/m1/s1. The van der Waals surface area contributed by atoms with Gasteiger partial charge in [0.1, 0.15) is 19.0 Å². The molecule has 6 nitrogen and oxygen atoms in total. The van der Waals surface area contributed by atoms with E-state index in [1.807, 2.05) is 30.0 Å². The SMILES string of the molecule is Cc1cc(Nc2cccc(F)c2)cc([C@@H]2CCN(C(=O)c3ccc4c(c3)OCCO4)C2)n1. The van der Waals surface area contributed by atoms with Gasteiger partial charge in [0.05, 0.1) is 0 Å². The first-order valence-electron chi connectivity index (χ1n) is 10.8. The highest BCUT2D eigenvalue weighted by Crippen LogP contribution is 2.33. The maximum atomic E-state index is 13.5. The van der Waals surface area contributed by atoms with Crippen LogP contribution in [0.5, 0.6) is 11.5 Å². The summed E-state index contributed by atoms with van der Waals surface area (Å²) in [6.07, 6.45) is 0.839. The zero-order valence-corrected chi connectivity index (χ0v) is 17.8. The van der Waals surface area contributed by atoms with Gasteiger partial charge in [0.25, 0.3) is 5.91 Å². The molecule has 1 aromatic heterocycles. The smallest absolute Gasteiger partial charge is 0.254 e. The molecule has 0 unspecified atom stereocenters. The Kier molecular flexibility index (Phi) is 5.39. The molecule has 1 N–H and O–H groups in total. The number of aromatic nitrogens is 1. The predicted molar refractivity (Wildman–Crippen MR) is 119 cm³/mol. The molecule has 0 spiro atoms. The van der Waals surface area contributed by atoms with Crippen molar-refractivity contribution < 1.29 is 18.7 Å². The number of amides is 1. The zero-order valence-electron chi connectivity index (χ0n) is 17.8. The van der Waals surface area contributed by atoms with Crippen molar-refractivity contribution in [3.8, 4) is 11.5 Å². The third-order valence-electron chi connectivity index (χ3n) is 5.77. The second kappa shape index (κ2) is 8.49. The molecule has 0 bridgehead atoms. The van der Waals surface area contributed by atoms with Crippen LogP contribution in [0.3, 0.4) is 0 Å². The number of nitrogens with zero attached hydrogens (tertiary/aromatic N) is 2. The van der Waals surface area contributed by atoms with Gasteiger partial charge in [-0.2, -0.15) is 0 Å².